The molecule has 0 saturated heterocycles. The fourth-order valence-corrected chi connectivity index (χ4v) is 7.71. The Morgan fingerprint density at radius 3 is 1.67 bits per heavy atom. The summed E-state index contributed by atoms with van der Waals surface area (Å²) < 4.78 is 5.80. The predicted octanol–water partition coefficient (Wildman–Crippen LogP) is 8.97. The Kier molecular flexibility index (Phi) is 5.04. The van der Waals surface area contributed by atoms with Gasteiger partial charge in [-0.3, -0.25) is 9.59 Å². The molecule has 0 radical (unpaired) electrons. The maximum Gasteiger partial charge on any atom is 0.266 e. The molecule has 5 heteroatoms. The third-order valence-electron chi connectivity index (χ3n) is 8.51. The molecule has 3 heterocycles. The van der Waals surface area contributed by atoms with Gasteiger partial charge < -0.3 is 4.57 Å². The van der Waals surface area contributed by atoms with Crippen molar-refractivity contribution in [3.8, 4) is 11.4 Å². The molecule has 0 atom stereocenters. The Balaban J connectivity index is 1.56. The third-order valence-corrected chi connectivity index (χ3v) is 9.65. The normalized spacial score (nSPS) is 11.9. The quantitative estimate of drug-likeness (QED) is 0.208. The first-order valence-electron chi connectivity index (χ1n) is 14.2. The van der Waals surface area contributed by atoms with E-state index < -0.39 is 0 Å². The molecular formula is C38H22N2O2S. The second kappa shape index (κ2) is 8.99. The molecule has 43 heavy (non-hydrogen) atoms. The van der Waals surface area contributed by atoms with Crippen LogP contribution in [0.25, 0.3) is 74.9 Å². The maximum atomic E-state index is 14.6. The average molecular weight is 571 g/mol. The van der Waals surface area contributed by atoms with E-state index in [4.69, 9.17) is 0 Å². The number of hydrogen-bond donors (Lipinski definition) is 0. The van der Waals surface area contributed by atoms with Crippen LogP contribution in [0.4, 0.5) is 0 Å². The van der Waals surface area contributed by atoms with Gasteiger partial charge >= 0.3 is 0 Å². The predicted molar refractivity (Wildman–Crippen MR) is 181 cm³/mol. The molecule has 9 aromatic rings. The number of fused-ring (bicyclic) bond motifs is 9. The van der Waals surface area contributed by atoms with Crippen molar-refractivity contribution < 1.29 is 0 Å². The van der Waals surface area contributed by atoms with Crippen molar-refractivity contribution in [2.45, 2.75) is 0 Å². The van der Waals surface area contributed by atoms with Crippen LogP contribution in [0, 0.1) is 0 Å². The van der Waals surface area contributed by atoms with Crippen LogP contribution in [0.3, 0.4) is 0 Å². The topological polar surface area (TPSA) is 44.0 Å². The molecule has 202 valence electrons. The Morgan fingerprint density at radius 2 is 0.930 bits per heavy atom. The number of aromatic nitrogens is 2. The number of hydrogen-bond acceptors (Lipinski definition) is 3. The van der Waals surface area contributed by atoms with E-state index >= 15 is 0 Å². The minimum atomic E-state index is -0.331. The summed E-state index contributed by atoms with van der Waals surface area (Å²) in [7, 11) is 0. The lowest BCUT2D eigenvalue weighted by Gasteiger charge is -2.08. The van der Waals surface area contributed by atoms with Crippen molar-refractivity contribution >= 4 is 74.9 Å². The number of para-hydroxylation sites is 3. The standard InChI is InChI=1S/C38H22N2O2S/c41-37-31-20-30-26-16-8-10-18-35(26)43-36(30)22-28(31)27-19-29-25-15-7-9-17-33(25)39(23-11-3-1-4-12-23)34(29)21-32(27)38(42)40(37)24-13-5-2-6-14-24/h1-22H. The summed E-state index contributed by atoms with van der Waals surface area (Å²) in [6.45, 7) is 0. The van der Waals surface area contributed by atoms with Crippen molar-refractivity contribution in [2.75, 3.05) is 0 Å². The van der Waals surface area contributed by atoms with Gasteiger partial charge in [0.15, 0.2) is 0 Å². The summed E-state index contributed by atoms with van der Waals surface area (Å²) in [6, 6.07) is 44.2. The van der Waals surface area contributed by atoms with Gasteiger partial charge in [-0.05, 0) is 71.4 Å². The van der Waals surface area contributed by atoms with Gasteiger partial charge in [0.05, 0.1) is 22.1 Å². The van der Waals surface area contributed by atoms with Gasteiger partial charge in [-0.2, -0.15) is 0 Å². The zero-order valence-electron chi connectivity index (χ0n) is 22.8. The molecule has 9 rings (SSSR count). The summed E-state index contributed by atoms with van der Waals surface area (Å²) in [4.78, 5) is 29.0. The minimum Gasteiger partial charge on any atom is -0.309 e. The van der Waals surface area contributed by atoms with Gasteiger partial charge in [0, 0.05) is 42.0 Å². The van der Waals surface area contributed by atoms with Crippen LogP contribution in [-0.4, -0.2) is 9.13 Å². The first-order chi connectivity index (χ1) is 21.2. The molecule has 6 aromatic carbocycles. The molecule has 3 aromatic heterocycles. The molecule has 0 unspecified atom stereocenters. The fraction of sp³-hybridized carbons (Fsp3) is 0. The van der Waals surface area contributed by atoms with Crippen molar-refractivity contribution in [2.24, 2.45) is 0 Å². The molecule has 0 bridgehead atoms. The number of benzene rings is 6. The highest BCUT2D eigenvalue weighted by atomic mass is 32.1. The zero-order valence-corrected chi connectivity index (χ0v) is 23.6. The van der Waals surface area contributed by atoms with E-state index in [0.717, 1.165) is 53.7 Å². The van der Waals surface area contributed by atoms with Crippen LogP contribution in [0.1, 0.15) is 0 Å². The second-order valence-electron chi connectivity index (χ2n) is 10.9. The SMILES string of the molecule is O=c1c2cc3c(cc2c2cc4c5ccccc5n(-c5ccccc5)c4cc2c(=O)n1-c1ccccc1)sc1ccccc13. The zero-order chi connectivity index (χ0) is 28.7. The summed E-state index contributed by atoms with van der Waals surface area (Å²) >= 11 is 1.71. The highest BCUT2D eigenvalue weighted by Gasteiger charge is 2.19. The monoisotopic (exact) mass is 570 g/mol. The largest absolute Gasteiger partial charge is 0.309 e. The van der Waals surface area contributed by atoms with Gasteiger partial charge in [-0.25, -0.2) is 4.57 Å². The van der Waals surface area contributed by atoms with E-state index in [1.165, 1.54) is 9.27 Å². The Morgan fingerprint density at radius 1 is 0.372 bits per heavy atom. The second-order valence-corrected chi connectivity index (χ2v) is 12.0. The van der Waals surface area contributed by atoms with E-state index in [0.29, 0.717) is 16.5 Å². The molecule has 0 N–H and O–H groups in total. The smallest absolute Gasteiger partial charge is 0.266 e. The molecule has 0 amide bonds. The van der Waals surface area contributed by atoms with Crippen molar-refractivity contribution in [1.82, 2.24) is 9.13 Å². The highest BCUT2D eigenvalue weighted by Crippen LogP contribution is 2.39. The van der Waals surface area contributed by atoms with Crippen LogP contribution in [0.5, 0.6) is 0 Å². The van der Waals surface area contributed by atoms with Gasteiger partial charge in [0.2, 0.25) is 0 Å². The molecule has 0 saturated carbocycles. The number of rotatable bonds is 2. The molecule has 0 spiro atoms. The molecule has 4 nitrogen and oxygen atoms in total. The van der Waals surface area contributed by atoms with Crippen LogP contribution in [0.15, 0.2) is 143 Å². The van der Waals surface area contributed by atoms with E-state index in [-0.39, 0.29) is 11.1 Å². The molecule has 0 aliphatic heterocycles. The van der Waals surface area contributed by atoms with Gasteiger partial charge in [-0.15, -0.1) is 11.3 Å². The molecule has 0 aliphatic carbocycles. The Labute approximate surface area is 248 Å². The maximum absolute atomic E-state index is 14.6. The van der Waals surface area contributed by atoms with Crippen LogP contribution in [0.2, 0.25) is 0 Å². The summed E-state index contributed by atoms with van der Waals surface area (Å²) in [6.07, 6.45) is 0. The van der Waals surface area contributed by atoms with E-state index in [1.807, 2.05) is 84.9 Å². The first kappa shape index (κ1) is 24.1. The number of nitrogens with zero attached hydrogens (tertiary/aromatic N) is 2. The lowest BCUT2D eigenvalue weighted by Crippen LogP contribution is -2.28. The van der Waals surface area contributed by atoms with Crippen molar-refractivity contribution in [3.05, 3.63) is 154 Å². The summed E-state index contributed by atoms with van der Waals surface area (Å²) in [5.74, 6) is 0. The van der Waals surface area contributed by atoms with Crippen LogP contribution < -0.4 is 11.1 Å². The van der Waals surface area contributed by atoms with Gasteiger partial charge in [-0.1, -0.05) is 72.8 Å². The van der Waals surface area contributed by atoms with E-state index in [2.05, 4.69) is 53.1 Å². The fourth-order valence-electron chi connectivity index (χ4n) is 6.59. The van der Waals surface area contributed by atoms with Gasteiger partial charge in [0.25, 0.3) is 11.1 Å². The lowest BCUT2D eigenvalue weighted by molar-refractivity contribution is 0.976. The summed E-state index contributed by atoms with van der Waals surface area (Å²) in [5, 5.41) is 6.85. The molecular weight excluding hydrogens is 548 g/mol. The molecule has 0 aliphatic rings. The van der Waals surface area contributed by atoms with E-state index in [1.54, 1.807) is 11.3 Å². The lowest BCUT2D eigenvalue weighted by atomic mass is 10.0. The third kappa shape index (κ3) is 3.43. The molecule has 0 fully saturated rings. The Hall–Kier alpha value is -5.52. The summed E-state index contributed by atoms with van der Waals surface area (Å²) in [5.41, 5.74) is 2.90. The van der Waals surface area contributed by atoms with Gasteiger partial charge in [0.1, 0.15) is 0 Å². The van der Waals surface area contributed by atoms with Crippen molar-refractivity contribution in [3.63, 3.8) is 0 Å². The van der Waals surface area contributed by atoms with Crippen molar-refractivity contribution in [1.29, 1.82) is 0 Å². The van der Waals surface area contributed by atoms with E-state index in [9.17, 15) is 9.59 Å². The minimum absolute atomic E-state index is 0.319. The Bertz CT molecular complexity index is 2700. The van der Waals surface area contributed by atoms with Crippen LogP contribution >= 0.6 is 11.3 Å². The first-order valence-corrected chi connectivity index (χ1v) is 15.0. The highest BCUT2D eigenvalue weighted by molar-refractivity contribution is 7.25. The average Bonchev–Trinajstić information content (AvgIpc) is 3.56. The number of thiophene rings is 1. The van der Waals surface area contributed by atoms with Crippen LogP contribution in [-0.2, 0) is 0 Å².